The summed E-state index contributed by atoms with van der Waals surface area (Å²) < 4.78 is 10.3. The third-order valence-electron chi connectivity index (χ3n) is 3.67. The predicted molar refractivity (Wildman–Crippen MR) is 101 cm³/mol. The van der Waals surface area contributed by atoms with Crippen LogP contribution in [0.1, 0.15) is 12.3 Å². The van der Waals surface area contributed by atoms with Crippen LogP contribution in [-0.4, -0.2) is 34.2 Å². The number of hydrogen-bond acceptors (Lipinski definition) is 7. The maximum atomic E-state index is 12.2. The van der Waals surface area contributed by atoms with Gasteiger partial charge >= 0.3 is 6.03 Å². The Morgan fingerprint density at radius 1 is 1.21 bits per heavy atom. The minimum absolute atomic E-state index is 0.146. The molecule has 10 heteroatoms. The van der Waals surface area contributed by atoms with Gasteiger partial charge in [-0.1, -0.05) is 11.2 Å². The van der Waals surface area contributed by atoms with Crippen molar-refractivity contribution in [3.63, 3.8) is 0 Å². The van der Waals surface area contributed by atoms with Crippen molar-refractivity contribution in [2.75, 3.05) is 17.7 Å². The number of carbonyl (C=O) groups is 2. The number of amides is 3. The normalized spacial score (nSPS) is 10.3. The summed E-state index contributed by atoms with van der Waals surface area (Å²) >= 11 is 0. The SMILES string of the molecule is COc1cc(NC(=O)CCc2nc(-c3ccccn3)no2)ccc1NC(N)=O. The number of nitrogens with zero attached hydrogens (tertiary/aromatic N) is 3. The Morgan fingerprint density at radius 3 is 2.79 bits per heavy atom. The quantitative estimate of drug-likeness (QED) is 0.568. The summed E-state index contributed by atoms with van der Waals surface area (Å²) in [6, 6.07) is 9.46. The van der Waals surface area contributed by atoms with E-state index in [1.807, 2.05) is 6.07 Å². The van der Waals surface area contributed by atoms with Crippen LogP contribution in [-0.2, 0) is 11.2 Å². The lowest BCUT2D eigenvalue weighted by molar-refractivity contribution is -0.116. The van der Waals surface area contributed by atoms with Crippen molar-refractivity contribution in [2.45, 2.75) is 12.8 Å². The Balaban J connectivity index is 1.57. The van der Waals surface area contributed by atoms with E-state index in [-0.39, 0.29) is 18.7 Å². The number of nitrogens with two attached hydrogens (primary N) is 1. The number of aromatic nitrogens is 3. The first-order chi connectivity index (χ1) is 13.5. The van der Waals surface area contributed by atoms with Gasteiger partial charge in [0.15, 0.2) is 0 Å². The third-order valence-corrected chi connectivity index (χ3v) is 3.67. The molecule has 4 N–H and O–H groups in total. The fraction of sp³-hybridized carbons (Fsp3) is 0.167. The lowest BCUT2D eigenvalue weighted by Crippen LogP contribution is -2.19. The van der Waals surface area contributed by atoms with Crippen molar-refractivity contribution in [3.8, 4) is 17.3 Å². The number of hydrogen-bond donors (Lipinski definition) is 3. The van der Waals surface area contributed by atoms with Crippen molar-refractivity contribution in [3.05, 3.63) is 48.5 Å². The molecule has 2 aromatic heterocycles. The van der Waals surface area contributed by atoms with Crippen molar-refractivity contribution >= 4 is 23.3 Å². The van der Waals surface area contributed by atoms with E-state index < -0.39 is 6.03 Å². The van der Waals surface area contributed by atoms with Gasteiger partial charge < -0.3 is 25.6 Å². The molecule has 0 saturated heterocycles. The van der Waals surface area contributed by atoms with E-state index in [0.717, 1.165) is 0 Å². The van der Waals surface area contributed by atoms with Crippen LogP contribution in [0.25, 0.3) is 11.5 Å². The second-order valence-corrected chi connectivity index (χ2v) is 5.68. The van der Waals surface area contributed by atoms with Crippen molar-refractivity contribution < 1.29 is 18.8 Å². The van der Waals surface area contributed by atoms with Crippen LogP contribution in [0, 0.1) is 0 Å². The Hall–Kier alpha value is -3.95. The van der Waals surface area contributed by atoms with Gasteiger partial charge in [-0.25, -0.2) is 4.79 Å². The zero-order chi connectivity index (χ0) is 19.9. The molecule has 0 fully saturated rings. The minimum Gasteiger partial charge on any atom is -0.494 e. The molecule has 0 aliphatic carbocycles. The lowest BCUT2D eigenvalue weighted by atomic mass is 10.2. The molecule has 28 heavy (non-hydrogen) atoms. The summed E-state index contributed by atoms with van der Waals surface area (Å²) in [5.41, 5.74) is 6.61. The molecule has 144 valence electrons. The number of aryl methyl sites for hydroxylation is 1. The molecule has 0 aliphatic heterocycles. The monoisotopic (exact) mass is 382 g/mol. The van der Waals surface area contributed by atoms with E-state index >= 15 is 0 Å². The van der Waals surface area contributed by atoms with E-state index in [1.54, 1.807) is 36.5 Å². The molecule has 3 aromatic rings. The topological polar surface area (TPSA) is 145 Å². The molecule has 2 heterocycles. The highest BCUT2D eigenvalue weighted by molar-refractivity contribution is 5.93. The Labute approximate surface area is 160 Å². The molecule has 0 bridgehead atoms. The van der Waals surface area contributed by atoms with Crippen LogP contribution >= 0.6 is 0 Å². The van der Waals surface area contributed by atoms with E-state index in [9.17, 15) is 9.59 Å². The molecule has 10 nitrogen and oxygen atoms in total. The molecular weight excluding hydrogens is 364 g/mol. The first-order valence-corrected chi connectivity index (χ1v) is 8.33. The second-order valence-electron chi connectivity index (χ2n) is 5.68. The average molecular weight is 382 g/mol. The largest absolute Gasteiger partial charge is 0.494 e. The maximum absolute atomic E-state index is 12.2. The van der Waals surface area contributed by atoms with E-state index in [2.05, 4.69) is 25.8 Å². The Kier molecular flexibility index (Phi) is 5.80. The van der Waals surface area contributed by atoms with Gasteiger partial charge in [0.2, 0.25) is 17.6 Å². The molecule has 1 aromatic carbocycles. The van der Waals surface area contributed by atoms with Gasteiger partial charge in [0, 0.05) is 30.8 Å². The zero-order valence-corrected chi connectivity index (χ0v) is 15.0. The maximum Gasteiger partial charge on any atom is 0.316 e. The molecule has 3 amide bonds. The number of ether oxygens (including phenoxy) is 1. The molecule has 0 unspecified atom stereocenters. The average Bonchev–Trinajstić information content (AvgIpc) is 3.17. The predicted octanol–water partition coefficient (Wildman–Crippen LogP) is 2.20. The van der Waals surface area contributed by atoms with Crippen LogP contribution in [0.15, 0.2) is 47.1 Å². The van der Waals surface area contributed by atoms with Crippen LogP contribution in [0.5, 0.6) is 5.75 Å². The standard InChI is InChI=1S/C18H18N6O4/c1-27-14-10-11(5-6-12(14)22-18(19)26)21-15(25)7-8-16-23-17(24-28-16)13-4-2-3-9-20-13/h2-6,9-10H,7-8H2,1H3,(H,21,25)(H3,19,22,26). The summed E-state index contributed by atoms with van der Waals surface area (Å²) in [4.78, 5) is 31.5. The summed E-state index contributed by atoms with van der Waals surface area (Å²) in [5, 5.41) is 9.04. The highest BCUT2D eigenvalue weighted by atomic mass is 16.5. The minimum atomic E-state index is -0.709. The highest BCUT2D eigenvalue weighted by Gasteiger charge is 2.12. The molecule has 3 rings (SSSR count). The zero-order valence-electron chi connectivity index (χ0n) is 15.0. The lowest BCUT2D eigenvalue weighted by Gasteiger charge is -2.11. The van der Waals surface area contributed by atoms with E-state index in [4.69, 9.17) is 15.0 Å². The summed E-state index contributed by atoms with van der Waals surface area (Å²) in [6.45, 7) is 0. The Bertz CT molecular complexity index is 973. The smallest absolute Gasteiger partial charge is 0.316 e. The molecule has 0 radical (unpaired) electrons. The first-order valence-electron chi connectivity index (χ1n) is 8.33. The number of primary amides is 1. The van der Waals surface area contributed by atoms with Crippen molar-refractivity contribution in [2.24, 2.45) is 5.73 Å². The number of rotatable bonds is 7. The fourth-order valence-electron chi connectivity index (χ4n) is 2.40. The molecule has 0 spiro atoms. The van der Waals surface area contributed by atoms with Gasteiger partial charge in [0.25, 0.3) is 0 Å². The fourth-order valence-corrected chi connectivity index (χ4v) is 2.40. The van der Waals surface area contributed by atoms with Crippen LogP contribution in [0.2, 0.25) is 0 Å². The van der Waals surface area contributed by atoms with Crippen LogP contribution in [0.3, 0.4) is 0 Å². The van der Waals surface area contributed by atoms with Gasteiger partial charge in [0.1, 0.15) is 11.4 Å². The van der Waals surface area contributed by atoms with Crippen molar-refractivity contribution in [1.82, 2.24) is 15.1 Å². The number of carbonyl (C=O) groups excluding carboxylic acids is 2. The molecule has 0 saturated carbocycles. The van der Waals surface area contributed by atoms with Crippen molar-refractivity contribution in [1.29, 1.82) is 0 Å². The molecular formula is C18H18N6O4. The summed E-state index contributed by atoms with van der Waals surface area (Å²) in [7, 11) is 1.45. The Morgan fingerprint density at radius 2 is 2.07 bits per heavy atom. The summed E-state index contributed by atoms with van der Waals surface area (Å²) in [5.74, 6) is 0.844. The van der Waals surface area contributed by atoms with Crippen LogP contribution < -0.4 is 21.1 Å². The van der Waals surface area contributed by atoms with Gasteiger partial charge in [-0.2, -0.15) is 4.98 Å². The molecule has 0 aliphatic rings. The number of anilines is 2. The third kappa shape index (κ3) is 4.81. The molecule has 0 atom stereocenters. The number of benzene rings is 1. The highest BCUT2D eigenvalue weighted by Crippen LogP contribution is 2.28. The number of urea groups is 1. The number of methoxy groups -OCH3 is 1. The second kappa shape index (κ2) is 8.62. The van der Waals surface area contributed by atoms with Gasteiger partial charge in [-0.3, -0.25) is 9.78 Å². The van der Waals surface area contributed by atoms with Crippen LogP contribution in [0.4, 0.5) is 16.2 Å². The number of nitrogens with one attached hydrogen (secondary N) is 2. The summed E-state index contributed by atoms with van der Waals surface area (Å²) in [6.07, 6.45) is 2.06. The number of pyridine rings is 1. The van der Waals surface area contributed by atoms with Gasteiger partial charge in [0.05, 0.1) is 12.8 Å². The first kappa shape index (κ1) is 18.8. The van der Waals surface area contributed by atoms with Gasteiger partial charge in [-0.15, -0.1) is 0 Å². The van der Waals surface area contributed by atoms with Gasteiger partial charge in [-0.05, 0) is 24.3 Å². The van der Waals surface area contributed by atoms with E-state index in [1.165, 1.54) is 7.11 Å². The van der Waals surface area contributed by atoms with E-state index in [0.29, 0.717) is 34.5 Å².